The van der Waals surface area contributed by atoms with Crippen LogP contribution in [0.2, 0.25) is 0 Å². The average molecular weight is 549 g/mol. The molecule has 0 saturated carbocycles. The van der Waals surface area contributed by atoms with E-state index in [0.29, 0.717) is 30.9 Å². The predicted octanol–water partition coefficient (Wildman–Crippen LogP) is 7.23. The standard InChI is InChI=1S/C30H30F6N2O/c1-21-19-37(14-15-39-21)25-9-5-7-23(17-25)28(18-22-6-4-8-24(16-22)30(34,35)36)20-38(13-12-29(31,32)33)27-11-3-2-10-26(27)28/h2-11,16-17,21H,12-15,18-20H2,1H3/t21-,28?/m0/s1. The molecule has 2 atom stereocenters. The summed E-state index contributed by atoms with van der Waals surface area (Å²) in [6.07, 6.45) is -9.55. The minimum Gasteiger partial charge on any atom is -0.375 e. The van der Waals surface area contributed by atoms with Crippen molar-refractivity contribution in [1.82, 2.24) is 0 Å². The van der Waals surface area contributed by atoms with E-state index < -0.39 is 29.8 Å². The number of anilines is 2. The van der Waals surface area contributed by atoms with Gasteiger partial charge < -0.3 is 14.5 Å². The van der Waals surface area contributed by atoms with Crippen molar-refractivity contribution in [2.24, 2.45) is 0 Å². The third-order valence-electron chi connectivity index (χ3n) is 7.65. The number of hydrogen-bond donors (Lipinski definition) is 0. The van der Waals surface area contributed by atoms with Crippen LogP contribution in [-0.2, 0) is 22.7 Å². The Balaban J connectivity index is 1.61. The Hall–Kier alpha value is -3.20. The van der Waals surface area contributed by atoms with Crippen LogP contribution in [0, 0.1) is 0 Å². The van der Waals surface area contributed by atoms with Crippen LogP contribution in [0.15, 0.2) is 72.8 Å². The monoisotopic (exact) mass is 548 g/mol. The highest BCUT2D eigenvalue weighted by molar-refractivity contribution is 5.68. The molecule has 0 radical (unpaired) electrons. The molecule has 2 aliphatic heterocycles. The Morgan fingerprint density at radius 2 is 1.69 bits per heavy atom. The van der Waals surface area contributed by atoms with Crippen LogP contribution >= 0.6 is 0 Å². The van der Waals surface area contributed by atoms with E-state index in [1.807, 2.05) is 43.3 Å². The van der Waals surface area contributed by atoms with Crippen LogP contribution in [0.1, 0.15) is 35.6 Å². The van der Waals surface area contributed by atoms with E-state index in [9.17, 15) is 26.3 Å². The summed E-state index contributed by atoms with van der Waals surface area (Å²) in [4.78, 5) is 3.93. The topological polar surface area (TPSA) is 15.7 Å². The molecule has 39 heavy (non-hydrogen) atoms. The van der Waals surface area contributed by atoms with Gasteiger partial charge in [0.1, 0.15) is 0 Å². The van der Waals surface area contributed by atoms with Crippen LogP contribution in [-0.4, -0.2) is 45.1 Å². The molecule has 5 rings (SSSR count). The van der Waals surface area contributed by atoms with Crippen molar-refractivity contribution in [2.45, 2.75) is 43.6 Å². The van der Waals surface area contributed by atoms with Gasteiger partial charge in [-0.25, -0.2) is 0 Å². The lowest BCUT2D eigenvalue weighted by Crippen LogP contribution is -2.41. The molecule has 0 aromatic heterocycles. The van der Waals surface area contributed by atoms with E-state index in [0.717, 1.165) is 28.9 Å². The lowest BCUT2D eigenvalue weighted by Gasteiger charge is -2.36. The van der Waals surface area contributed by atoms with Gasteiger partial charge in [-0.05, 0) is 54.3 Å². The number of morpholine rings is 1. The highest BCUT2D eigenvalue weighted by Crippen LogP contribution is 2.48. The van der Waals surface area contributed by atoms with Gasteiger partial charge >= 0.3 is 12.4 Å². The third kappa shape index (κ3) is 5.88. The number of rotatable bonds is 6. The first-order valence-electron chi connectivity index (χ1n) is 13.0. The molecule has 1 saturated heterocycles. The molecule has 208 valence electrons. The summed E-state index contributed by atoms with van der Waals surface area (Å²) in [6, 6.07) is 20.4. The first kappa shape index (κ1) is 27.4. The lowest BCUT2D eigenvalue weighted by atomic mass is 9.71. The van der Waals surface area contributed by atoms with Crippen molar-refractivity contribution in [3.05, 3.63) is 95.1 Å². The number of hydrogen-bond acceptors (Lipinski definition) is 3. The van der Waals surface area contributed by atoms with Crippen molar-refractivity contribution >= 4 is 11.4 Å². The Labute approximate surface area is 224 Å². The van der Waals surface area contributed by atoms with Gasteiger partial charge in [0.15, 0.2) is 0 Å². The molecule has 3 aromatic carbocycles. The Morgan fingerprint density at radius 1 is 0.923 bits per heavy atom. The van der Waals surface area contributed by atoms with Gasteiger partial charge in [-0.3, -0.25) is 0 Å². The van der Waals surface area contributed by atoms with E-state index in [1.165, 1.54) is 6.07 Å². The van der Waals surface area contributed by atoms with Gasteiger partial charge in [-0.2, -0.15) is 26.3 Å². The molecule has 2 heterocycles. The fourth-order valence-corrected chi connectivity index (χ4v) is 5.87. The Morgan fingerprint density at radius 3 is 2.44 bits per heavy atom. The second-order valence-corrected chi connectivity index (χ2v) is 10.4. The number of alkyl halides is 6. The zero-order chi connectivity index (χ0) is 27.8. The molecule has 2 aliphatic rings. The second kappa shape index (κ2) is 10.4. The maximum atomic E-state index is 13.6. The van der Waals surface area contributed by atoms with E-state index in [-0.39, 0.29) is 25.6 Å². The first-order chi connectivity index (χ1) is 18.4. The molecule has 1 unspecified atom stereocenters. The van der Waals surface area contributed by atoms with Crippen LogP contribution in [0.4, 0.5) is 37.7 Å². The van der Waals surface area contributed by atoms with Gasteiger partial charge in [0.25, 0.3) is 0 Å². The number of benzene rings is 3. The number of para-hydroxylation sites is 1. The highest BCUT2D eigenvalue weighted by Gasteiger charge is 2.45. The van der Waals surface area contributed by atoms with Gasteiger partial charge in [0.2, 0.25) is 0 Å². The van der Waals surface area contributed by atoms with Crippen molar-refractivity contribution in [3.63, 3.8) is 0 Å². The van der Waals surface area contributed by atoms with Crippen molar-refractivity contribution < 1.29 is 31.1 Å². The summed E-state index contributed by atoms with van der Waals surface area (Å²) in [6.45, 7) is 3.96. The average Bonchev–Trinajstić information content (AvgIpc) is 3.21. The maximum absolute atomic E-state index is 13.6. The minimum absolute atomic E-state index is 0.0477. The number of halogens is 6. The molecule has 0 bridgehead atoms. The van der Waals surface area contributed by atoms with E-state index in [4.69, 9.17) is 4.74 Å². The van der Waals surface area contributed by atoms with Gasteiger partial charge in [-0.15, -0.1) is 0 Å². The fraction of sp³-hybridized carbons (Fsp3) is 0.400. The second-order valence-electron chi connectivity index (χ2n) is 10.4. The van der Waals surface area contributed by atoms with Crippen LogP contribution < -0.4 is 9.80 Å². The molecular formula is C30H30F6N2O. The van der Waals surface area contributed by atoms with Crippen LogP contribution in [0.3, 0.4) is 0 Å². The van der Waals surface area contributed by atoms with Gasteiger partial charge in [0, 0.05) is 43.0 Å². The summed E-state index contributed by atoms with van der Waals surface area (Å²) in [5.41, 5.74) is 2.20. The van der Waals surface area contributed by atoms with E-state index in [1.54, 1.807) is 23.1 Å². The molecule has 9 heteroatoms. The molecule has 3 nitrogen and oxygen atoms in total. The van der Waals surface area contributed by atoms with Crippen molar-refractivity contribution in [1.29, 1.82) is 0 Å². The van der Waals surface area contributed by atoms with Crippen molar-refractivity contribution in [3.8, 4) is 0 Å². The zero-order valence-electron chi connectivity index (χ0n) is 21.5. The van der Waals surface area contributed by atoms with E-state index in [2.05, 4.69) is 4.90 Å². The Kier molecular flexibility index (Phi) is 7.31. The molecule has 1 fully saturated rings. The quantitative estimate of drug-likeness (QED) is 0.302. The number of fused-ring (bicyclic) bond motifs is 1. The van der Waals surface area contributed by atoms with Crippen LogP contribution in [0.25, 0.3) is 0 Å². The fourth-order valence-electron chi connectivity index (χ4n) is 5.87. The molecule has 0 N–H and O–H groups in total. The first-order valence-corrected chi connectivity index (χ1v) is 13.0. The summed E-state index contributed by atoms with van der Waals surface area (Å²) in [5.74, 6) is 0. The Bertz CT molecular complexity index is 1310. The highest BCUT2D eigenvalue weighted by atomic mass is 19.4. The summed E-state index contributed by atoms with van der Waals surface area (Å²) in [7, 11) is 0. The number of ether oxygens (including phenoxy) is 1. The van der Waals surface area contributed by atoms with Gasteiger partial charge in [-0.1, -0.05) is 48.5 Å². The maximum Gasteiger partial charge on any atom is 0.416 e. The van der Waals surface area contributed by atoms with E-state index >= 15 is 0 Å². The zero-order valence-corrected chi connectivity index (χ0v) is 21.5. The lowest BCUT2D eigenvalue weighted by molar-refractivity contribution is -0.137. The molecule has 0 amide bonds. The summed E-state index contributed by atoms with van der Waals surface area (Å²) >= 11 is 0. The van der Waals surface area contributed by atoms with Crippen molar-refractivity contribution in [2.75, 3.05) is 42.6 Å². The minimum atomic E-state index is -4.50. The molecule has 3 aromatic rings. The van der Waals surface area contributed by atoms with Crippen LogP contribution in [0.5, 0.6) is 0 Å². The predicted molar refractivity (Wildman–Crippen MR) is 139 cm³/mol. The third-order valence-corrected chi connectivity index (χ3v) is 7.65. The SMILES string of the molecule is C[C@H]1CN(c2cccc(C3(Cc4cccc(C(F)(F)F)c4)CN(CCC(F)(F)F)c4ccccc43)c2)CCO1. The summed E-state index contributed by atoms with van der Waals surface area (Å²) in [5, 5.41) is 0. The van der Waals surface area contributed by atoms with Gasteiger partial charge in [0.05, 0.1) is 24.7 Å². The smallest absolute Gasteiger partial charge is 0.375 e. The molecule has 0 spiro atoms. The molecule has 0 aliphatic carbocycles. The summed E-state index contributed by atoms with van der Waals surface area (Å²) < 4.78 is 86.1. The number of nitrogens with zero attached hydrogens (tertiary/aromatic N) is 2. The largest absolute Gasteiger partial charge is 0.416 e. The normalized spacial score (nSPS) is 21.8. The molecular weight excluding hydrogens is 518 g/mol.